The van der Waals surface area contributed by atoms with E-state index in [1.165, 1.54) is 18.2 Å². The van der Waals surface area contributed by atoms with Crippen LogP contribution in [0.25, 0.3) is 32.8 Å². The summed E-state index contributed by atoms with van der Waals surface area (Å²) in [4.78, 5) is 26.6. The molecule has 4 aromatic carbocycles. The molecule has 0 saturated carbocycles. The highest BCUT2D eigenvalue weighted by atomic mass is 35.5. The van der Waals surface area contributed by atoms with Crippen LogP contribution in [-0.2, 0) is 6.42 Å². The first-order valence-electron chi connectivity index (χ1n) is 11.4. The fourth-order valence-electron chi connectivity index (χ4n) is 4.56. The summed E-state index contributed by atoms with van der Waals surface area (Å²) in [5, 5.41) is 22.5. The minimum atomic E-state index is -1.07. The molecule has 0 radical (unpaired) electrons. The lowest BCUT2D eigenvalue weighted by molar-refractivity contribution is 0.0682. The smallest absolute Gasteiger partial charge is 0.352 e. The Morgan fingerprint density at radius 2 is 1.58 bits per heavy atom. The summed E-state index contributed by atoms with van der Waals surface area (Å²) in [6.45, 7) is 0.423. The second kappa shape index (κ2) is 9.76. The Bertz CT molecular complexity index is 1620. The van der Waals surface area contributed by atoms with E-state index in [0.717, 1.165) is 21.9 Å². The van der Waals surface area contributed by atoms with Gasteiger partial charge in [0, 0.05) is 26.9 Å². The van der Waals surface area contributed by atoms with Gasteiger partial charge in [0.05, 0.1) is 17.7 Å². The zero-order valence-electron chi connectivity index (χ0n) is 19.1. The van der Waals surface area contributed by atoms with Crippen LogP contribution in [0.5, 0.6) is 5.75 Å². The number of halogens is 1. The zero-order chi connectivity index (χ0) is 25.2. The Kier molecular flexibility index (Phi) is 6.36. The molecule has 0 aliphatic heterocycles. The van der Waals surface area contributed by atoms with Crippen molar-refractivity contribution in [2.24, 2.45) is 0 Å². The van der Waals surface area contributed by atoms with E-state index >= 15 is 0 Å². The number of ether oxygens (including phenoxy) is 1. The van der Waals surface area contributed by atoms with Crippen molar-refractivity contribution in [3.05, 3.63) is 101 Å². The van der Waals surface area contributed by atoms with Gasteiger partial charge in [0.15, 0.2) is 0 Å². The molecule has 180 valence electrons. The standard InChI is InChI=1S/C29H22ClNO5/c30-24-14-13-18(28(32)33)16-23(24)22-10-4-9-20-21(27(29(34)35)31-26(20)22)11-5-15-36-25-12-3-7-17-6-1-2-8-19(17)25/h1-4,6-10,12-14,16,31H,5,11,15H2,(H,32,33)(H,34,35). The van der Waals surface area contributed by atoms with Crippen LogP contribution in [-0.4, -0.2) is 33.7 Å². The van der Waals surface area contributed by atoms with Gasteiger partial charge in [0.1, 0.15) is 11.4 Å². The van der Waals surface area contributed by atoms with E-state index < -0.39 is 11.9 Å². The molecule has 36 heavy (non-hydrogen) atoms. The molecular weight excluding hydrogens is 478 g/mol. The van der Waals surface area contributed by atoms with E-state index in [9.17, 15) is 19.8 Å². The van der Waals surface area contributed by atoms with Crippen molar-refractivity contribution in [3.63, 3.8) is 0 Å². The molecule has 0 fully saturated rings. The lowest BCUT2D eigenvalue weighted by Crippen LogP contribution is -2.04. The minimum Gasteiger partial charge on any atom is -0.493 e. The molecule has 0 bridgehead atoms. The fraction of sp³-hybridized carbons (Fsp3) is 0.103. The maximum atomic E-state index is 12.1. The average Bonchev–Trinajstić information content (AvgIpc) is 3.26. The van der Waals surface area contributed by atoms with Crippen LogP contribution >= 0.6 is 11.6 Å². The van der Waals surface area contributed by atoms with Crippen molar-refractivity contribution in [2.75, 3.05) is 6.61 Å². The van der Waals surface area contributed by atoms with Gasteiger partial charge in [0.2, 0.25) is 0 Å². The molecule has 1 heterocycles. The summed E-state index contributed by atoms with van der Waals surface area (Å²) in [7, 11) is 0. The van der Waals surface area contributed by atoms with Crippen LogP contribution < -0.4 is 4.74 Å². The van der Waals surface area contributed by atoms with Crippen LogP contribution in [0.1, 0.15) is 32.8 Å². The summed E-state index contributed by atoms with van der Waals surface area (Å²) < 4.78 is 6.04. The second-order valence-corrected chi connectivity index (χ2v) is 8.85. The van der Waals surface area contributed by atoms with Crippen LogP contribution in [0, 0.1) is 0 Å². The number of nitrogens with one attached hydrogen (secondary N) is 1. The maximum absolute atomic E-state index is 12.1. The van der Waals surface area contributed by atoms with Gasteiger partial charge in [-0.25, -0.2) is 9.59 Å². The van der Waals surface area contributed by atoms with E-state index in [-0.39, 0.29) is 11.3 Å². The van der Waals surface area contributed by atoms with Crippen molar-refractivity contribution >= 4 is 45.2 Å². The lowest BCUT2D eigenvalue weighted by Gasteiger charge is -2.10. The predicted octanol–water partition coefficient (Wildman–Crippen LogP) is 7.05. The highest BCUT2D eigenvalue weighted by Crippen LogP contribution is 2.36. The minimum absolute atomic E-state index is 0.0993. The van der Waals surface area contributed by atoms with E-state index in [0.29, 0.717) is 46.7 Å². The Hall–Kier alpha value is -4.29. The molecule has 5 aromatic rings. The number of carboxylic acids is 2. The summed E-state index contributed by atoms with van der Waals surface area (Å²) in [6.07, 6.45) is 1.09. The quantitative estimate of drug-likeness (QED) is 0.199. The molecule has 0 amide bonds. The van der Waals surface area contributed by atoms with Gasteiger partial charge in [-0.2, -0.15) is 0 Å². The Balaban J connectivity index is 1.45. The zero-order valence-corrected chi connectivity index (χ0v) is 19.9. The molecule has 0 unspecified atom stereocenters. The highest BCUT2D eigenvalue weighted by molar-refractivity contribution is 6.34. The number of aromatic carboxylic acids is 2. The SMILES string of the molecule is O=C(O)c1ccc(Cl)c(-c2cccc3c(CCCOc4cccc5ccccc45)c(C(=O)O)[nH]c23)c1. The number of benzene rings is 4. The number of rotatable bonds is 8. The van der Waals surface area contributed by atoms with Gasteiger partial charge < -0.3 is 19.9 Å². The first-order chi connectivity index (χ1) is 17.4. The number of carboxylic acid groups (broad SMARTS) is 2. The van der Waals surface area contributed by atoms with Crippen LogP contribution in [0.4, 0.5) is 0 Å². The van der Waals surface area contributed by atoms with Crippen molar-refractivity contribution in [3.8, 4) is 16.9 Å². The van der Waals surface area contributed by atoms with Crippen LogP contribution in [0.15, 0.2) is 78.9 Å². The number of hydrogen-bond donors (Lipinski definition) is 3. The molecule has 0 spiro atoms. The first-order valence-corrected chi connectivity index (χ1v) is 11.8. The Morgan fingerprint density at radius 1 is 0.833 bits per heavy atom. The highest BCUT2D eigenvalue weighted by Gasteiger charge is 2.20. The number of aromatic nitrogens is 1. The van der Waals surface area contributed by atoms with E-state index in [4.69, 9.17) is 16.3 Å². The van der Waals surface area contributed by atoms with Crippen LogP contribution in [0.2, 0.25) is 5.02 Å². The topological polar surface area (TPSA) is 99.6 Å². The van der Waals surface area contributed by atoms with Crippen molar-refractivity contribution < 1.29 is 24.5 Å². The van der Waals surface area contributed by atoms with Gasteiger partial charge in [-0.05, 0) is 48.1 Å². The molecule has 1 aromatic heterocycles. The third kappa shape index (κ3) is 4.39. The van der Waals surface area contributed by atoms with Gasteiger partial charge >= 0.3 is 11.9 Å². The number of para-hydroxylation sites is 1. The molecule has 3 N–H and O–H groups in total. The van der Waals surface area contributed by atoms with Crippen molar-refractivity contribution in [2.45, 2.75) is 12.8 Å². The molecule has 0 atom stereocenters. The van der Waals surface area contributed by atoms with Crippen LogP contribution in [0.3, 0.4) is 0 Å². The summed E-state index contributed by atoms with van der Waals surface area (Å²) in [5.74, 6) is -1.34. The van der Waals surface area contributed by atoms with E-state index in [2.05, 4.69) is 4.98 Å². The van der Waals surface area contributed by atoms with Gasteiger partial charge in [-0.15, -0.1) is 0 Å². The van der Waals surface area contributed by atoms with Gasteiger partial charge in [-0.1, -0.05) is 66.2 Å². The first kappa shape index (κ1) is 23.5. The number of aromatic amines is 1. The van der Waals surface area contributed by atoms with Gasteiger partial charge in [0.25, 0.3) is 0 Å². The van der Waals surface area contributed by atoms with Crippen molar-refractivity contribution in [1.29, 1.82) is 0 Å². The third-order valence-electron chi connectivity index (χ3n) is 6.24. The largest absolute Gasteiger partial charge is 0.493 e. The predicted molar refractivity (Wildman–Crippen MR) is 140 cm³/mol. The molecule has 7 heteroatoms. The molecule has 0 saturated heterocycles. The number of hydrogen-bond acceptors (Lipinski definition) is 3. The Morgan fingerprint density at radius 3 is 2.39 bits per heavy atom. The molecule has 0 aliphatic carbocycles. The molecular formula is C29H22ClNO5. The number of carbonyl (C=O) groups is 2. The van der Waals surface area contributed by atoms with E-state index in [1.54, 1.807) is 6.07 Å². The number of fused-ring (bicyclic) bond motifs is 2. The summed E-state index contributed by atoms with van der Waals surface area (Å²) >= 11 is 6.41. The average molecular weight is 500 g/mol. The molecule has 0 aliphatic rings. The Labute approximate surface area is 211 Å². The maximum Gasteiger partial charge on any atom is 0.352 e. The third-order valence-corrected chi connectivity index (χ3v) is 6.57. The van der Waals surface area contributed by atoms with Crippen molar-refractivity contribution in [1.82, 2.24) is 4.98 Å². The second-order valence-electron chi connectivity index (χ2n) is 8.44. The summed E-state index contributed by atoms with van der Waals surface area (Å²) in [5.41, 5.74) is 2.64. The monoisotopic (exact) mass is 499 g/mol. The number of aryl methyl sites for hydroxylation is 1. The van der Waals surface area contributed by atoms with Gasteiger partial charge in [-0.3, -0.25) is 0 Å². The molecule has 6 nitrogen and oxygen atoms in total. The number of H-pyrrole nitrogens is 1. The lowest BCUT2D eigenvalue weighted by atomic mass is 9.98. The normalized spacial score (nSPS) is 11.1. The van der Waals surface area contributed by atoms with E-state index in [1.807, 2.05) is 54.6 Å². The fourth-order valence-corrected chi connectivity index (χ4v) is 4.78. The molecule has 5 rings (SSSR count). The summed E-state index contributed by atoms with van der Waals surface area (Å²) in [6, 6.07) is 23.8.